The second-order valence-electron chi connectivity index (χ2n) is 5.39. The van der Waals surface area contributed by atoms with E-state index in [2.05, 4.69) is 10.4 Å². The monoisotopic (exact) mass is 316 g/mol. The van der Waals surface area contributed by atoms with Gasteiger partial charge in [0, 0.05) is 11.6 Å². The van der Waals surface area contributed by atoms with Crippen LogP contribution in [0.15, 0.2) is 66.9 Å². The lowest BCUT2D eigenvalue weighted by atomic mass is 10.1. The van der Waals surface area contributed by atoms with Gasteiger partial charge >= 0.3 is 0 Å². The maximum absolute atomic E-state index is 12.4. The van der Waals surface area contributed by atoms with Crippen molar-refractivity contribution in [3.63, 3.8) is 0 Å². The first-order valence-corrected chi connectivity index (χ1v) is 7.59. The third-order valence-electron chi connectivity index (χ3n) is 3.81. The lowest BCUT2D eigenvalue weighted by molar-refractivity contribution is 0.102. The first kappa shape index (κ1) is 15.5. The molecule has 0 saturated carbocycles. The van der Waals surface area contributed by atoms with E-state index in [0.717, 1.165) is 5.56 Å². The second-order valence-corrected chi connectivity index (χ2v) is 5.39. The first-order valence-electron chi connectivity index (χ1n) is 7.59. The fourth-order valence-corrected chi connectivity index (χ4v) is 2.51. The Bertz CT molecular complexity index is 893. The van der Waals surface area contributed by atoms with Crippen molar-refractivity contribution in [3.05, 3.63) is 83.6 Å². The normalized spacial score (nSPS) is 11.5. The molecule has 0 spiro atoms. The molecule has 24 heavy (non-hydrogen) atoms. The van der Waals surface area contributed by atoms with E-state index in [4.69, 9.17) is 5.26 Å². The fourth-order valence-electron chi connectivity index (χ4n) is 2.51. The van der Waals surface area contributed by atoms with E-state index in [1.807, 2.05) is 43.3 Å². The Labute approximate surface area is 140 Å². The van der Waals surface area contributed by atoms with Crippen molar-refractivity contribution in [2.75, 3.05) is 5.32 Å². The third-order valence-corrected chi connectivity index (χ3v) is 3.81. The number of benzene rings is 2. The van der Waals surface area contributed by atoms with Crippen LogP contribution in [-0.2, 0) is 0 Å². The molecule has 0 aliphatic carbocycles. The largest absolute Gasteiger partial charge is 0.307 e. The van der Waals surface area contributed by atoms with Crippen LogP contribution in [0.25, 0.3) is 0 Å². The number of nitrogens with one attached hydrogen (secondary N) is 1. The minimum absolute atomic E-state index is 0.0121. The summed E-state index contributed by atoms with van der Waals surface area (Å²) in [6.07, 6.45) is 1.65. The number of rotatable bonds is 4. The molecule has 0 radical (unpaired) electrons. The minimum Gasteiger partial charge on any atom is -0.307 e. The molecule has 1 heterocycles. The van der Waals surface area contributed by atoms with Crippen molar-refractivity contribution in [1.29, 1.82) is 5.26 Å². The summed E-state index contributed by atoms with van der Waals surface area (Å²) in [4.78, 5) is 12.4. The van der Waals surface area contributed by atoms with Crippen LogP contribution in [0.3, 0.4) is 0 Å². The highest BCUT2D eigenvalue weighted by atomic mass is 16.1. The summed E-state index contributed by atoms with van der Waals surface area (Å²) in [6.45, 7) is 2.02. The zero-order valence-corrected chi connectivity index (χ0v) is 13.2. The van der Waals surface area contributed by atoms with Gasteiger partial charge in [-0.2, -0.15) is 10.4 Å². The number of hydrogen-bond acceptors (Lipinski definition) is 3. The van der Waals surface area contributed by atoms with Gasteiger partial charge in [-0.1, -0.05) is 36.4 Å². The molecule has 0 bridgehead atoms. The van der Waals surface area contributed by atoms with Crippen molar-refractivity contribution in [2.24, 2.45) is 0 Å². The molecule has 1 amide bonds. The van der Waals surface area contributed by atoms with Crippen LogP contribution in [0.2, 0.25) is 0 Å². The number of aromatic nitrogens is 2. The van der Waals surface area contributed by atoms with E-state index < -0.39 is 0 Å². The fraction of sp³-hybridized carbons (Fsp3) is 0.105. The number of nitriles is 1. The molecule has 0 fully saturated rings. The highest BCUT2D eigenvalue weighted by Gasteiger charge is 2.15. The van der Waals surface area contributed by atoms with Gasteiger partial charge in [-0.05, 0) is 30.7 Å². The Morgan fingerprint density at radius 2 is 1.96 bits per heavy atom. The van der Waals surface area contributed by atoms with Gasteiger partial charge in [-0.3, -0.25) is 4.79 Å². The van der Waals surface area contributed by atoms with Crippen molar-refractivity contribution >= 4 is 11.7 Å². The van der Waals surface area contributed by atoms with E-state index in [1.54, 1.807) is 41.2 Å². The van der Waals surface area contributed by atoms with E-state index in [-0.39, 0.29) is 11.9 Å². The summed E-state index contributed by atoms with van der Waals surface area (Å²) in [5.41, 5.74) is 1.99. The smallest absolute Gasteiger partial charge is 0.256 e. The van der Waals surface area contributed by atoms with Gasteiger partial charge < -0.3 is 5.32 Å². The molecule has 0 saturated heterocycles. The van der Waals surface area contributed by atoms with E-state index in [9.17, 15) is 4.79 Å². The van der Waals surface area contributed by atoms with Gasteiger partial charge in [0.1, 0.15) is 5.82 Å². The molecule has 0 unspecified atom stereocenters. The zero-order valence-electron chi connectivity index (χ0n) is 13.2. The van der Waals surface area contributed by atoms with Crippen LogP contribution in [0.5, 0.6) is 0 Å². The van der Waals surface area contributed by atoms with Crippen LogP contribution in [-0.4, -0.2) is 15.7 Å². The average Bonchev–Trinajstić information content (AvgIpc) is 3.10. The van der Waals surface area contributed by atoms with Crippen molar-refractivity contribution in [2.45, 2.75) is 13.0 Å². The second kappa shape index (κ2) is 6.80. The van der Waals surface area contributed by atoms with Crippen LogP contribution < -0.4 is 5.32 Å². The zero-order chi connectivity index (χ0) is 16.9. The Morgan fingerprint density at radius 3 is 2.71 bits per heavy atom. The molecule has 118 valence electrons. The predicted molar refractivity (Wildman–Crippen MR) is 91.6 cm³/mol. The van der Waals surface area contributed by atoms with Crippen molar-refractivity contribution in [1.82, 2.24) is 9.78 Å². The Morgan fingerprint density at radius 1 is 1.17 bits per heavy atom. The molecule has 3 rings (SSSR count). The van der Waals surface area contributed by atoms with Crippen LogP contribution in [0.4, 0.5) is 5.82 Å². The van der Waals surface area contributed by atoms with Crippen molar-refractivity contribution < 1.29 is 4.79 Å². The molecule has 1 N–H and O–H groups in total. The number of carbonyl (C=O) groups is 1. The maximum atomic E-state index is 12.4. The highest BCUT2D eigenvalue weighted by molar-refractivity contribution is 6.04. The summed E-state index contributed by atoms with van der Waals surface area (Å²) in [5, 5.41) is 16.1. The average molecular weight is 316 g/mol. The molecule has 2 aromatic carbocycles. The summed E-state index contributed by atoms with van der Waals surface area (Å²) < 4.78 is 1.77. The summed E-state index contributed by atoms with van der Waals surface area (Å²) in [7, 11) is 0. The Hall–Kier alpha value is -3.39. The standard InChI is InChI=1S/C19H16N4O/c1-14(16-7-3-2-4-8-16)23-18(10-11-21-23)22-19(24)17-9-5-6-15(12-17)13-20/h2-12,14H,1H3,(H,22,24)/t14-/m0/s1. The van der Waals surface area contributed by atoms with Gasteiger partial charge in [0.2, 0.25) is 0 Å². The van der Waals surface area contributed by atoms with Gasteiger partial charge in [-0.25, -0.2) is 4.68 Å². The highest BCUT2D eigenvalue weighted by Crippen LogP contribution is 2.21. The number of anilines is 1. The summed E-state index contributed by atoms with van der Waals surface area (Å²) >= 11 is 0. The third kappa shape index (κ3) is 3.18. The van der Waals surface area contributed by atoms with Crippen LogP contribution in [0.1, 0.15) is 34.5 Å². The first-order chi connectivity index (χ1) is 11.7. The van der Waals surface area contributed by atoms with Crippen molar-refractivity contribution in [3.8, 4) is 6.07 Å². The van der Waals surface area contributed by atoms with Gasteiger partial charge in [0.25, 0.3) is 5.91 Å². The molecule has 0 aliphatic heterocycles. The number of hydrogen-bond donors (Lipinski definition) is 1. The lowest BCUT2D eigenvalue weighted by Gasteiger charge is -2.16. The number of carbonyl (C=O) groups excluding carboxylic acids is 1. The topological polar surface area (TPSA) is 70.7 Å². The van der Waals surface area contributed by atoms with Crippen LogP contribution >= 0.6 is 0 Å². The Balaban J connectivity index is 1.83. The molecular weight excluding hydrogens is 300 g/mol. The summed E-state index contributed by atoms with van der Waals surface area (Å²) in [5.74, 6) is 0.341. The molecule has 0 aliphatic rings. The molecule has 5 nitrogen and oxygen atoms in total. The molecule has 1 aromatic heterocycles. The molecule has 3 aromatic rings. The summed E-state index contributed by atoms with van der Waals surface area (Å²) in [6, 6.07) is 20.3. The van der Waals surface area contributed by atoms with E-state index in [0.29, 0.717) is 16.9 Å². The SMILES string of the molecule is C[C@@H](c1ccccc1)n1nccc1NC(=O)c1cccc(C#N)c1. The lowest BCUT2D eigenvalue weighted by Crippen LogP contribution is -2.18. The van der Waals surface area contributed by atoms with E-state index in [1.165, 1.54) is 0 Å². The van der Waals surface area contributed by atoms with Crippen LogP contribution in [0, 0.1) is 11.3 Å². The maximum Gasteiger partial charge on any atom is 0.256 e. The number of nitrogens with zero attached hydrogens (tertiary/aromatic N) is 3. The van der Waals surface area contributed by atoms with Gasteiger partial charge in [0.15, 0.2) is 0 Å². The van der Waals surface area contributed by atoms with Gasteiger partial charge in [0.05, 0.1) is 23.9 Å². The minimum atomic E-state index is -0.269. The molecular formula is C19H16N4O. The molecule has 5 heteroatoms. The van der Waals surface area contributed by atoms with E-state index >= 15 is 0 Å². The quantitative estimate of drug-likeness (QED) is 0.799. The number of amides is 1. The van der Waals surface area contributed by atoms with Gasteiger partial charge in [-0.15, -0.1) is 0 Å². The molecule has 1 atom stereocenters. The predicted octanol–water partition coefficient (Wildman–Crippen LogP) is 3.62. The Kier molecular flexibility index (Phi) is 4.39.